The van der Waals surface area contributed by atoms with Crippen molar-refractivity contribution in [2.45, 2.75) is 73.3 Å². The zero-order valence-corrected chi connectivity index (χ0v) is 21.8. The standard InChI is InChI=1S/C27H35N3O6S/c1-36-21-10-12-22(13-11-21)37(34,35)27(29,19-26(16-7-17-28)14-5-6-15-26)24(31)23(30-25(32)33)18-20-8-3-2-4-9-20/h2-4,8-13,23-24,30-31H,5-7,14-16,18-19,29H2,1H3,(H,32,33)/t23-,24+,27?/m0/s1. The highest BCUT2D eigenvalue weighted by atomic mass is 32.2. The first-order chi connectivity index (χ1) is 17.6. The Bertz CT molecular complexity index is 1190. The SMILES string of the molecule is COc1ccc(S(=O)(=O)C(N)(CC2(CCC#N)CCCC2)[C@H](O)[C@H](Cc2ccccc2)NC(=O)O)cc1. The van der Waals surface area contributed by atoms with E-state index >= 15 is 0 Å². The number of nitrogens with zero attached hydrogens (tertiary/aromatic N) is 1. The molecule has 3 atom stereocenters. The van der Waals surface area contributed by atoms with Crippen LogP contribution in [0.5, 0.6) is 5.75 Å². The number of nitrogens with one attached hydrogen (secondary N) is 1. The van der Waals surface area contributed by atoms with E-state index in [4.69, 9.17) is 10.5 Å². The van der Waals surface area contributed by atoms with Gasteiger partial charge in [-0.15, -0.1) is 0 Å². The number of methoxy groups -OCH3 is 1. The lowest BCUT2D eigenvalue weighted by Crippen LogP contribution is -2.65. The van der Waals surface area contributed by atoms with E-state index in [1.165, 1.54) is 31.4 Å². The predicted molar refractivity (Wildman–Crippen MR) is 139 cm³/mol. The molecule has 2 aromatic rings. The Morgan fingerprint density at radius 2 is 1.81 bits per heavy atom. The molecule has 0 heterocycles. The second kappa shape index (κ2) is 11.9. The normalized spacial score (nSPS) is 18.2. The van der Waals surface area contributed by atoms with Crippen molar-refractivity contribution in [2.24, 2.45) is 11.1 Å². The average molecular weight is 530 g/mol. The number of benzene rings is 2. The van der Waals surface area contributed by atoms with Crippen LogP contribution in [0, 0.1) is 16.7 Å². The number of aliphatic hydroxyl groups excluding tert-OH is 1. The van der Waals surface area contributed by atoms with Crippen LogP contribution >= 0.6 is 0 Å². The van der Waals surface area contributed by atoms with Crippen LogP contribution in [0.1, 0.15) is 50.5 Å². The van der Waals surface area contributed by atoms with E-state index in [-0.39, 0.29) is 24.2 Å². The van der Waals surface area contributed by atoms with Gasteiger partial charge < -0.3 is 26.0 Å². The molecule has 10 heteroatoms. The minimum Gasteiger partial charge on any atom is -0.497 e. The van der Waals surface area contributed by atoms with Crippen LogP contribution in [0.25, 0.3) is 0 Å². The van der Waals surface area contributed by atoms with Crippen molar-refractivity contribution in [3.63, 3.8) is 0 Å². The van der Waals surface area contributed by atoms with Crippen LogP contribution in [0.2, 0.25) is 0 Å². The van der Waals surface area contributed by atoms with E-state index in [1.54, 1.807) is 30.3 Å². The van der Waals surface area contributed by atoms with Gasteiger partial charge in [-0.25, -0.2) is 13.2 Å². The van der Waals surface area contributed by atoms with E-state index in [0.29, 0.717) is 30.6 Å². The number of amides is 1. The number of hydrogen-bond acceptors (Lipinski definition) is 7. The molecule has 1 fully saturated rings. The largest absolute Gasteiger partial charge is 0.497 e. The summed E-state index contributed by atoms with van der Waals surface area (Å²) in [7, 11) is -2.93. The fourth-order valence-electron chi connectivity index (χ4n) is 5.49. The van der Waals surface area contributed by atoms with E-state index < -0.39 is 38.4 Å². The zero-order valence-electron chi connectivity index (χ0n) is 21.0. The zero-order chi connectivity index (χ0) is 27.1. The van der Waals surface area contributed by atoms with Gasteiger partial charge >= 0.3 is 6.09 Å². The van der Waals surface area contributed by atoms with Crippen molar-refractivity contribution in [1.82, 2.24) is 5.32 Å². The second-order valence-corrected chi connectivity index (χ2v) is 12.1. The maximum absolute atomic E-state index is 14.2. The molecular formula is C27H35N3O6S. The Labute approximate surface area is 218 Å². The molecule has 5 N–H and O–H groups in total. The Kier molecular flexibility index (Phi) is 9.18. The lowest BCUT2D eigenvalue weighted by molar-refractivity contribution is 0.0544. The molecule has 0 spiro atoms. The molecule has 0 aromatic heterocycles. The van der Waals surface area contributed by atoms with Gasteiger partial charge in [0.15, 0.2) is 14.7 Å². The van der Waals surface area contributed by atoms with Crippen LogP contribution in [-0.2, 0) is 16.3 Å². The molecule has 9 nitrogen and oxygen atoms in total. The summed E-state index contributed by atoms with van der Waals surface area (Å²) in [5, 5.41) is 32.8. The summed E-state index contributed by atoms with van der Waals surface area (Å²) in [6, 6.07) is 15.6. The highest BCUT2D eigenvalue weighted by molar-refractivity contribution is 7.92. The molecule has 1 aliphatic rings. The predicted octanol–water partition coefficient (Wildman–Crippen LogP) is 3.62. The second-order valence-electron chi connectivity index (χ2n) is 9.87. The highest BCUT2D eigenvalue weighted by Crippen LogP contribution is 2.50. The van der Waals surface area contributed by atoms with E-state index in [9.17, 15) is 28.7 Å². The summed E-state index contributed by atoms with van der Waals surface area (Å²) in [6.45, 7) is 0. The summed E-state index contributed by atoms with van der Waals surface area (Å²) < 4.78 is 33.5. The molecule has 0 bridgehead atoms. The summed E-state index contributed by atoms with van der Waals surface area (Å²) in [5.74, 6) is 0.456. The van der Waals surface area contributed by atoms with Gasteiger partial charge in [-0.05, 0) is 67.3 Å². The highest BCUT2D eigenvalue weighted by Gasteiger charge is 2.55. The molecule has 1 saturated carbocycles. The molecule has 3 rings (SSSR count). The number of rotatable bonds is 12. The monoisotopic (exact) mass is 529 g/mol. The Hall–Kier alpha value is -3.13. The smallest absolute Gasteiger partial charge is 0.404 e. The third-order valence-corrected chi connectivity index (χ3v) is 9.72. The number of sulfone groups is 1. The maximum Gasteiger partial charge on any atom is 0.404 e. The van der Waals surface area contributed by atoms with Crippen molar-refractivity contribution < 1.29 is 28.2 Å². The molecule has 0 aliphatic heterocycles. The number of carbonyl (C=O) groups is 1. The van der Waals surface area contributed by atoms with Gasteiger partial charge in [0.05, 0.1) is 24.1 Å². The Morgan fingerprint density at radius 1 is 1.19 bits per heavy atom. The van der Waals surface area contributed by atoms with Gasteiger partial charge in [-0.2, -0.15) is 5.26 Å². The molecule has 2 aromatic carbocycles. The minimum absolute atomic E-state index is 0.0383. The number of nitriles is 1. The number of nitrogens with two attached hydrogens (primary N) is 1. The first-order valence-corrected chi connectivity index (χ1v) is 13.8. The summed E-state index contributed by atoms with van der Waals surface area (Å²) in [4.78, 5) is 9.38. The number of hydrogen-bond donors (Lipinski definition) is 4. The van der Waals surface area contributed by atoms with E-state index in [1.807, 2.05) is 0 Å². The third kappa shape index (κ3) is 6.42. The fraction of sp³-hybridized carbons (Fsp3) is 0.481. The van der Waals surface area contributed by atoms with E-state index in [2.05, 4.69) is 11.4 Å². The van der Waals surface area contributed by atoms with E-state index in [0.717, 1.165) is 12.8 Å². The fourth-order valence-corrected chi connectivity index (χ4v) is 7.40. The van der Waals surface area contributed by atoms with Crippen LogP contribution in [0.3, 0.4) is 0 Å². The van der Waals surface area contributed by atoms with Gasteiger partial charge in [0.25, 0.3) is 0 Å². The summed E-state index contributed by atoms with van der Waals surface area (Å²) in [5.41, 5.74) is 6.95. The van der Waals surface area contributed by atoms with Gasteiger partial charge in [0, 0.05) is 6.42 Å². The van der Waals surface area contributed by atoms with Crippen LogP contribution in [0.4, 0.5) is 4.79 Å². The van der Waals surface area contributed by atoms with Crippen LogP contribution < -0.4 is 15.8 Å². The summed E-state index contributed by atoms with van der Waals surface area (Å²) >= 11 is 0. The topological polar surface area (TPSA) is 163 Å². The quantitative estimate of drug-likeness (QED) is 0.324. The number of carboxylic acid groups (broad SMARTS) is 1. The molecular weight excluding hydrogens is 494 g/mol. The third-order valence-electron chi connectivity index (χ3n) is 7.44. The van der Waals surface area contributed by atoms with Gasteiger partial charge in [0.2, 0.25) is 0 Å². The van der Waals surface area contributed by atoms with Gasteiger partial charge in [-0.1, -0.05) is 43.2 Å². The Balaban J connectivity index is 2.11. The summed E-state index contributed by atoms with van der Waals surface area (Å²) in [6.07, 6.45) is 0.503. The molecule has 1 unspecified atom stereocenters. The van der Waals surface area contributed by atoms with Crippen molar-refractivity contribution in [3.8, 4) is 11.8 Å². The first-order valence-electron chi connectivity index (χ1n) is 12.3. The Morgan fingerprint density at radius 3 is 2.35 bits per heavy atom. The minimum atomic E-state index is -4.39. The lowest BCUT2D eigenvalue weighted by atomic mass is 9.74. The number of ether oxygens (including phenoxy) is 1. The van der Waals surface area contributed by atoms with Crippen molar-refractivity contribution in [2.75, 3.05) is 7.11 Å². The molecule has 1 amide bonds. The van der Waals surface area contributed by atoms with Crippen LogP contribution in [0.15, 0.2) is 59.5 Å². The van der Waals surface area contributed by atoms with Crippen molar-refractivity contribution in [1.29, 1.82) is 5.26 Å². The number of aliphatic hydroxyl groups is 1. The van der Waals surface area contributed by atoms with Gasteiger partial charge in [-0.3, -0.25) is 0 Å². The van der Waals surface area contributed by atoms with Crippen molar-refractivity contribution >= 4 is 15.9 Å². The average Bonchev–Trinajstić information content (AvgIpc) is 3.35. The van der Waals surface area contributed by atoms with Crippen LogP contribution in [-0.4, -0.2) is 48.9 Å². The lowest BCUT2D eigenvalue weighted by Gasteiger charge is -2.43. The maximum atomic E-state index is 14.2. The molecule has 37 heavy (non-hydrogen) atoms. The molecule has 1 aliphatic carbocycles. The first kappa shape index (κ1) is 28.4. The molecule has 200 valence electrons. The molecule has 0 saturated heterocycles. The molecule has 0 radical (unpaired) electrons. The van der Waals surface area contributed by atoms with Crippen molar-refractivity contribution in [3.05, 3.63) is 60.2 Å². The van der Waals surface area contributed by atoms with Gasteiger partial charge in [0.1, 0.15) is 11.9 Å².